The zero-order chi connectivity index (χ0) is 23.1. The third-order valence-electron chi connectivity index (χ3n) is 5.72. The van der Waals surface area contributed by atoms with Gasteiger partial charge in [-0.3, -0.25) is 5.41 Å². The minimum Gasteiger partial charge on any atom is -0.383 e. The number of rotatable bonds is 7. The van der Waals surface area contributed by atoms with Gasteiger partial charge in [0.25, 0.3) is 0 Å². The maximum absolute atomic E-state index is 14.3. The molecule has 2 aliphatic rings. The van der Waals surface area contributed by atoms with Crippen LogP contribution in [0.25, 0.3) is 0 Å². The summed E-state index contributed by atoms with van der Waals surface area (Å²) >= 11 is 0. The Morgan fingerprint density at radius 2 is 2.10 bits per heavy atom. The van der Waals surface area contributed by atoms with E-state index < -0.39 is 21.7 Å². The highest BCUT2D eigenvalue weighted by Gasteiger charge is 2.30. The first-order valence-corrected chi connectivity index (χ1v) is 12.2. The van der Waals surface area contributed by atoms with Gasteiger partial charge in [0, 0.05) is 18.5 Å². The summed E-state index contributed by atoms with van der Waals surface area (Å²) in [5.41, 5.74) is 14.4. The molecular formula is C21H33FN6O2S. The maximum Gasteiger partial charge on any atom is 0.213 e. The Bertz CT molecular complexity index is 1050. The van der Waals surface area contributed by atoms with Crippen LogP contribution in [0.3, 0.4) is 0 Å². The molecule has 0 saturated heterocycles. The number of amidine groups is 1. The third kappa shape index (κ3) is 5.35. The van der Waals surface area contributed by atoms with Crippen molar-refractivity contribution >= 4 is 21.7 Å². The lowest BCUT2D eigenvalue weighted by Gasteiger charge is -2.23. The average Bonchev–Trinajstić information content (AvgIpc) is 3.12. The first kappa shape index (κ1) is 23.5. The Morgan fingerprint density at radius 3 is 2.71 bits per heavy atom. The number of allylic oxidation sites excluding steroid dienone is 4. The topological polar surface area (TPSA) is 140 Å². The summed E-state index contributed by atoms with van der Waals surface area (Å²) in [7, 11) is -3.56. The van der Waals surface area contributed by atoms with Gasteiger partial charge in [0.05, 0.1) is 5.75 Å². The Kier molecular flexibility index (Phi) is 6.35. The van der Waals surface area contributed by atoms with Gasteiger partial charge in [-0.1, -0.05) is 24.1 Å². The van der Waals surface area contributed by atoms with Crippen molar-refractivity contribution in [2.24, 2.45) is 11.7 Å². The van der Waals surface area contributed by atoms with Crippen LogP contribution < -0.4 is 16.2 Å². The summed E-state index contributed by atoms with van der Waals surface area (Å²) in [6, 6.07) is 0. The van der Waals surface area contributed by atoms with E-state index in [0.717, 1.165) is 24.0 Å². The van der Waals surface area contributed by atoms with Gasteiger partial charge in [0.15, 0.2) is 0 Å². The van der Waals surface area contributed by atoms with Crippen LogP contribution in [-0.4, -0.2) is 41.3 Å². The number of aromatic nitrogens is 2. The van der Waals surface area contributed by atoms with Crippen LogP contribution in [0, 0.1) is 11.3 Å². The van der Waals surface area contributed by atoms with E-state index in [1.165, 1.54) is 5.57 Å². The van der Waals surface area contributed by atoms with Crippen molar-refractivity contribution < 1.29 is 12.8 Å². The van der Waals surface area contributed by atoms with E-state index >= 15 is 0 Å². The third-order valence-corrected chi connectivity index (χ3v) is 7.36. The molecule has 10 heteroatoms. The van der Waals surface area contributed by atoms with Gasteiger partial charge in [-0.05, 0) is 51.5 Å². The Balaban J connectivity index is 1.89. The summed E-state index contributed by atoms with van der Waals surface area (Å²) in [4.78, 5) is 4.44. The van der Waals surface area contributed by atoms with Crippen molar-refractivity contribution in [3.8, 4) is 0 Å². The number of hydrogen-bond donors (Lipinski definition) is 4. The zero-order valence-corrected chi connectivity index (χ0v) is 19.4. The number of nitrogens with two attached hydrogens (primary N) is 2. The lowest BCUT2D eigenvalue weighted by Crippen LogP contribution is -2.42. The summed E-state index contributed by atoms with van der Waals surface area (Å²) in [6.07, 6.45) is 3.57. The second-order valence-electron chi connectivity index (χ2n) is 9.56. The molecule has 0 radical (unpaired) electrons. The molecule has 172 valence electrons. The van der Waals surface area contributed by atoms with Gasteiger partial charge in [0.2, 0.25) is 10.0 Å². The number of anilines is 1. The van der Waals surface area contributed by atoms with Gasteiger partial charge < -0.3 is 16.0 Å². The highest BCUT2D eigenvalue weighted by atomic mass is 32.2. The van der Waals surface area contributed by atoms with E-state index in [2.05, 4.69) is 16.6 Å². The molecule has 2 atom stereocenters. The molecule has 0 aromatic carbocycles. The molecule has 1 heterocycles. The molecule has 0 spiro atoms. The number of alkyl halides is 1. The molecule has 2 unspecified atom stereocenters. The van der Waals surface area contributed by atoms with Crippen molar-refractivity contribution in [2.75, 3.05) is 11.5 Å². The van der Waals surface area contributed by atoms with Crippen molar-refractivity contribution in [1.29, 1.82) is 5.41 Å². The zero-order valence-electron chi connectivity index (χ0n) is 18.6. The summed E-state index contributed by atoms with van der Waals surface area (Å²) in [6.45, 7) is 7.50. The van der Waals surface area contributed by atoms with Crippen LogP contribution in [0.5, 0.6) is 0 Å². The molecular weight excluding hydrogens is 419 g/mol. The fourth-order valence-corrected chi connectivity index (χ4v) is 5.77. The van der Waals surface area contributed by atoms with E-state index in [1.807, 2.05) is 6.08 Å². The van der Waals surface area contributed by atoms with Gasteiger partial charge in [-0.2, -0.15) is 0 Å². The van der Waals surface area contributed by atoms with Crippen molar-refractivity contribution in [2.45, 2.75) is 71.6 Å². The number of nitrogen functional groups attached to an aromatic ring is 2. The quantitative estimate of drug-likeness (QED) is 0.371. The molecule has 0 saturated carbocycles. The number of sulfonamides is 1. The van der Waals surface area contributed by atoms with Crippen LogP contribution in [0.2, 0.25) is 0 Å². The van der Waals surface area contributed by atoms with Gasteiger partial charge in [0.1, 0.15) is 29.3 Å². The molecule has 1 aromatic rings. The number of hydrogen-bond acceptors (Lipinski definition) is 5. The molecule has 0 aliphatic heterocycles. The molecule has 0 fully saturated rings. The minimum absolute atomic E-state index is 0.0776. The minimum atomic E-state index is -3.56. The summed E-state index contributed by atoms with van der Waals surface area (Å²) in [5, 5.41) is 7.76. The molecule has 3 rings (SSSR count). The van der Waals surface area contributed by atoms with Crippen LogP contribution >= 0.6 is 0 Å². The van der Waals surface area contributed by atoms with Gasteiger partial charge in [-0.25, -0.2) is 22.5 Å². The Hall–Kier alpha value is -2.20. The van der Waals surface area contributed by atoms with E-state index in [9.17, 15) is 12.8 Å². The number of halogens is 1. The molecule has 6 N–H and O–H groups in total. The molecule has 1 aromatic heterocycles. The second-order valence-corrected chi connectivity index (χ2v) is 11.4. The monoisotopic (exact) mass is 452 g/mol. The van der Waals surface area contributed by atoms with Crippen molar-refractivity contribution in [3.63, 3.8) is 0 Å². The van der Waals surface area contributed by atoms with Crippen LogP contribution in [0.1, 0.15) is 58.5 Å². The fraction of sp³-hybridized carbons (Fsp3) is 0.619. The lowest BCUT2D eigenvalue weighted by molar-refractivity contribution is 0.384. The molecule has 8 nitrogen and oxygen atoms in total. The summed E-state index contributed by atoms with van der Waals surface area (Å²) in [5.74, 6) is 0.461. The predicted molar refractivity (Wildman–Crippen MR) is 121 cm³/mol. The standard InChI is InChI=1S/C21H33FN6O2S/c1-12-9-13-5-6-16(22)15(13)10-14(12)11-17-26-18(19(23)24)20(25)28(17)7-8-31(29,30)27-21(2,3)4/h10,12,16,27H,5-9,11,25H2,1-4H3,(H3,23,24). The first-order chi connectivity index (χ1) is 14.3. The van der Waals surface area contributed by atoms with Crippen LogP contribution in [0.4, 0.5) is 10.2 Å². The molecule has 0 amide bonds. The van der Waals surface area contributed by atoms with E-state index in [1.54, 1.807) is 25.3 Å². The molecule has 2 aliphatic carbocycles. The normalized spacial score (nSPS) is 21.9. The van der Waals surface area contributed by atoms with Gasteiger partial charge in [-0.15, -0.1) is 0 Å². The van der Waals surface area contributed by atoms with Crippen LogP contribution in [-0.2, 0) is 23.0 Å². The van der Waals surface area contributed by atoms with E-state index in [4.69, 9.17) is 16.9 Å². The number of nitrogens with zero attached hydrogens (tertiary/aromatic N) is 2. The highest BCUT2D eigenvalue weighted by Crippen LogP contribution is 2.41. The number of imidazole rings is 1. The van der Waals surface area contributed by atoms with E-state index in [0.29, 0.717) is 18.7 Å². The SMILES string of the molecule is CC1CC2=C(C=C1Cc1nc(C(=N)N)c(N)n1CCS(=O)(=O)NC(C)(C)C)C(F)CC2. The van der Waals surface area contributed by atoms with E-state index in [-0.39, 0.29) is 35.6 Å². The summed E-state index contributed by atoms with van der Waals surface area (Å²) < 4.78 is 43.5. The highest BCUT2D eigenvalue weighted by molar-refractivity contribution is 7.89. The predicted octanol–water partition coefficient (Wildman–Crippen LogP) is 2.40. The van der Waals surface area contributed by atoms with Crippen molar-refractivity contribution in [1.82, 2.24) is 14.3 Å². The van der Waals surface area contributed by atoms with Crippen molar-refractivity contribution in [3.05, 3.63) is 34.3 Å². The molecule has 31 heavy (non-hydrogen) atoms. The van der Waals surface area contributed by atoms with Gasteiger partial charge >= 0.3 is 0 Å². The number of nitrogens with one attached hydrogen (secondary N) is 2. The Labute approximate surface area is 183 Å². The Morgan fingerprint density at radius 1 is 1.42 bits per heavy atom. The average molecular weight is 453 g/mol. The first-order valence-electron chi connectivity index (χ1n) is 10.5. The van der Waals surface area contributed by atoms with Crippen LogP contribution in [0.15, 0.2) is 22.8 Å². The second kappa shape index (κ2) is 8.38. The molecule has 0 bridgehead atoms. The largest absolute Gasteiger partial charge is 0.383 e. The smallest absolute Gasteiger partial charge is 0.213 e. The maximum atomic E-state index is 14.3. The lowest BCUT2D eigenvalue weighted by atomic mass is 9.84. The fourth-order valence-electron chi connectivity index (χ4n) is 4.31.